The van der Waals surface area contributed by atoms with Gasteiger partial charge in [0.05, 0.1) is 11.7 Å². The summed E-state index contributed by atoms with van der Waals surface area (Å²) in [6.07, 6.45) is 3.22. The Labute approximate surface area is 85.8 Å². The van der Waals surface area contributed by atoms with E-state index >= 15 is 0 Å². The molecule has 14 heavy (non-hydrogen) atoms. The summed E-state index contributed by atoms with van der Waals surface area (Å²) in [7, 11) is 3.77. The maximum Gasteiger partial charge on any atom is 0.226 e. The van der Waals surface area contributed by atoms with Crippen molar-refractivity contribution in [2.45, 2.75) is 0 Å². The Kier molecular flexibility index (Phi) is 2.12. The Morgan fingerprint density at radius 2 is 2.14 bits per heavy atom. The van der Waals surface area contributed by atoms with Crippen LogP contribution in [-0.2, 0) is 0 Å². The van der Waals surface area contributed by atoms with Gasteiger partial charge in [-0.1, -0.05) is 12.2 Å². The number of aromatic amines is 1. The molecule has 0 atom stereocenters. The first kappa shape index (κ1) is 9.01. The summed E-state index contributed by atoms with van der Waals surface area (Å²) in [5.41, 5.74) is 0.712. The van der Waals surface area contributed by atoms with E-state index in [1.54, 1.807) is 6.20 Å². The lowest BCUT2D eigenvalue weighted by molar-refractivity contribution is 1.00. The molecule has 2 rings (SSSR count). The molecule has 0 aliphatic carbocycles. The molecule has 0 fully saturated rings. The van der Waals surface area contributed by atoms with Gasteiger partial charge in [-0.3, -0.25) is 0 Å². The molecule has 0 saturated carbocycles. The third-order valence-electron chi connectivity index (χ3n) is 1.79. The second kappa shape index (κ2) is 3.30. The minimum Gasteiger partial charge on any atom is -0.347 e. The fraction of sp³-hybridized carbons (Fsp3) is 0.250. The van der Waals surface area contributed by atoms with Gasteiger partial charge in [-0.2, -0.15) is 4.98 Å². The molecule has 5 nitrogen and oxygen atoms in total. The van der Waals surface area contributed by atoms with E-state index in [9.17, 15) is 0 Å². The lowest BCUT2D eigenvalue weighted by atomic mass is 10.4. The molecule has 0 bridgehead atoms. The maximum absolute atomic E-state index is 5.04. The normalized spacial score (nSPS) is 10.4. The molecule has 0 amide bonds. The Bertz CT molecular complexity index is 518. The van der Waals surface area contributed by atoms with E-state index in [-0.39, 0.29) is 0 Å². The van der Waals surface area contributed by atoms with Gasteiger partial charge in [-0.05, 0) is 0 Å². The van der Waals surface area contributed by atoms with Crippen LogP contribution in [0.2, 0.25) is 0 Å². The molecule has 0 spiro atoms. The smallest absolute Gasteiger partial charge is 0.226 e. The zero-order chi connectivity index (χ0) is 10.1. The zero-order valence-corrected chi connectivity index (χ0v) is 8.67. The van der Waals surface area contributed by atoms with E-state index in [1.807, 2.05) is 19.0 Å². The highest BCUT2D eigenvalue weighted by Gasteiger charge is 2.02. The fourth-order valence-corrected chi connectivity index (χ4v) is 1.28. The van der Waals surface area contributed by atoms with Gasteiger partial charge < -0.3 is 9.88 Å². The van der Waals surface area contributed by atoms with Crippen LogP contribution in [0.15, 0.2) is 12.5 Å². The average molecular weight is 207 g/mol. The average Bonchev–Trinajstić information content (AvgIpc) is 2.17. The molecule has 1 N–H and O–H groups in total. The molecule has 0 aromatic carbocycles. The van der Waals surface area contributed by atoms with Crippen LogP contribution in [0, 0.1) is 4.64 Å². The maximum atomic E-state index is 5.04. The molecule has 0 radical (unpaired) electrons. The molecule has 2 aromatic rings. The Balaban J connectivity index is 2.74. The number of anilines is 1. The molecule has 0 aliphatic rings. The number of nitrogens with one attached hydrogen (secondary N) is 1. The van der Waals surface area contributed by atoms with Crippen molar-refractivity contribution in [3.63, 3.8) is 0 Å². The van der Waals surface area contributed by atoms with Crippen molar-refractivity contribution >= 4 is 29.2 Å². The summed E-state index contributed by atoms with van der Waals surface area (Å²) in [6, 6.07) is 0. The monoisotopic (exact) mass is 207 g/mol. The second-order valence-corrected chi connectivity index (χ2v) is 3.42. The van der Waals surface area contributed by atoms with E-state index in [2.05, 4.69) is 19.9 Å². The van der Waals surface area contributed by atoms with E-state index in [1.165, 1.54) is 6.33 Å². The highest BCUT2D eigenvalue weighted by molar-refractivity contribution is 7.71. The predicted molar refractivity (Wildman–Crippen MR) is 56.8 cm³/mol. The van der Waals surface area contributed by atoms with Crippen LogP contribution in [0.3, 0.4) is 0 Å². The minimum absolute atomic E-state index is 0.518. The Morgan fingerprint density at radius 1 is 1.36 bits per heavy atom. The lowest BCUT2D eigenvalue weighted by Gasteiger charge is -2.09. The van der Waals surface area contributed by atoms with Crippen LogP contribution in [0.4, 0.5) is 5.95 Å². The van der Waals surface area contributed by atoms with Crippen molar-refractivity contribution in [3.8, 4) is 0 Å². The van der Waals surface area contributed by atoms with E-state index < -0.39 is 0 Å². The molecule has 2 aromatic heterocycles. The quantitative estimate of drug-likeness (QED) is 0.711. The highest BCUT2D eigenvalue weighted by atomic mass is 32.1. The number of aromatic nitrogens is 4. The van der Waals surface area contributed by atoms with Crippen molar-refractivity contribution in [2.24, 2.45) is 0 Å². The van der Waals surface area contributed by atoms with Crippen molar-refractivity contribution in [1.82, 2.24) is 19.9 Å². The fourth-order valence-electron chi connectivity index (χ4n) is 1.08. The zero-order valence-electron chi connectivity index (χ0n) is 7.85. The van der Waals surface area contributed by atoms with Crippen molar-refractivity contribution in [2.75, 3.05) is 19.0 Å². The van der Waals surface area contributed by atoms with Gasteiger partial charge in [0.1, 0.15) is 10.3 Å². The standard InChI is InChI=1S/C8H9N5S/c1-13(2)8-9-3-5-6(12-8)10-4-11-7(5)14/h3-4H,1-2H3,(H,9,10,11,12,14). The van der Waals surface area contributed by atoms with Crippen molar-refractivity contribution in [1.29, 1.82) is 0 Å². The number of fused-ring (bicyclic) bond motifs is 1. The van der Waals surface area contributed by atoms with Gasteiger partial charge in [0.15, 0.2) is 0 Å². The molecule has 72 valence electrons. The number of hydrogen-bond acceptors (Lipinski definition) is 5. The third-order valence-corrected chi connectivity index (χ3v) is 2.11. The van der Waals surface area contributed by atoms with Crippen LogP contribution >= 0.6 is 12.2 Å². The van der Waals surface area contributed by atoms with E-state index in [4.69, 9.17) is 12.2 Å². The summed E-state index contributed by atoms with van der Waals surface area (Å²) in [5.74, 6) is 0.648. The highest BCUT2D eigenvalue weighted by Crippen LogP contribution is 2.10. The van der Waals surface area contributed by atoms with Crippen molar-refractivity contribution < 1.29 is 0 Å². The number of nitrogens with zero attached hydrogens (tertiary/aromatic N) is 4. The predicted octanol–water partition coefficient (Wildman–Crippen LogP) is 1.15. The minimum atomic E-state index is 0.518. The summed E-state index contributed by atoms with van der Waals surface area (Å²) >= 11 is 5.04. The summed E-state index contributed by atoms with van der Waals surface area (Å²) in [4.78, 5) is 17.2. The van der Waals surface area contributed by atoms with Gasteiger partial charge in [0, 0.05) is 20.3 Å². The Morgan fingerprint density at radius 3 is 2.86 bits per heavy atom. The molecule has 0 saturated heterocycles. The van der Waals surface area contributed by atoms with Gasteiger partial charge in [-0.25, -0.2) is 9.97 Å². The summed E-state index contributed by atoms with van der Waals surface area (Å²) < 4.78 is 0.518. The molecule has 6 heteroatoms. The molecule has 0 aliphatic heterocycles. The van der Waals surface area contributed by atoms with Gasteiger partial charge in [0.25, 0.3) is 0 Å². The molecule has 2 heterocycles. The van der Waals surface area contributed by atoms with Gasteiger partial charge >= 0.3 is 0 Å². The SMILES string of the molecule is CN(C)c1ncc2c(=S)nc[nH]c2n1. The molecular weight excluding hydrogens is 198 g/mol. The van der Waals surface area contributed by atoms with E-state index in [0.29, 0.717) is 16.2 Å². The van der Waals surface area contributed by atoms with Crippen molar-refractivity contribution in [3.05, 3.63) is 17.2 Å². The number of hydrogen-bond donors (Lipinski definition) is 1. The van der Waals surface area contributed by atoms with Crippen LogP contribution in [-0.4, -0.2) is 34.0 Å². The Hall–Kier alpha value is -1.56. The second-order valence-electron chi connectivity index (χ2n) is 3.03. The largest absolute Gasteiger partial charge is 0.347 e. The first-order valence-corrected chi connectivity index (χ1v) is 4.47. The number of rotatable bonds is 1. The lowest BCUT2D eigenvalue weighted by Crippen LogP contribution is -2.12. The first-order valence-electron chi connectivity index (χ1n) is 4.06. The molecular formula is C8H9N5S. The summed E-state index contributed by atoms with van der Waals surface area (Å²) in [6.45, 7) is 0. The first-order chi connectivity index (χ1) is 6.68. The van der Waals surface area contributed by atoms with E-state index in [0.717, 1.165) is 5.39 Å². The van der Waals surface area contributed by atoms with Gasteiger partial charge in [-0.15, -0.1) is 0 Å². The number of H-pyrrole nitrogens is 1. The van der Waals surface area contributed by atoms with Gasteiger partial charge in [0.2, 0.25) is 5.95 Å². The van der Waals surface area contributed by atoms with Crippen LogP contribution in [0.25, 0.3) is 11.0 Å². The summed E-state index contributed by atoms with van der Waals surface area (Å²) in [5, 5.41) is 0.771. The topological polar surface area (TPSA) is 57.7 Å². The van der Waals surface area contributed by atoms with Crippen LogP contribution < -0.4 is 4.90 Å². The third kappa shape index (κ3) is 1.44. The molecule has 0 unspecified atom stereocenters. The van der Waals surface area contributed by atoms with Crippen LogP contribution in [0.5, 0.6) is 0 Å². The van der Waals surface area contributed by atoms with Crippen LogP contribution in [0.1, 0.15) is 0 Å².